The van der Waals surface area contributed by atoms with Crippen molar-refractivity contribution in [2.45, 2.75) is 33.1 Å². The molecule has 1 heterocycles. The molecular formula is C17H37N3O. The van der Waals surface area contributed by atoms with Gasteiger partial charge in [-0.15, -0.1) is 0 Å². The van der Waals surface area contributed by atoms with Gasteiger partial charge < -0.3 is 19.9 Å². The molecule has 0 aliphatic carbocycles. The smallest absolute Gasteiger partial charge is 0.0546 e. The maximum absolute atomic E-state index is 5.81. The number of nitrogens with one attached hydrogen (secondary N) is 1. The number of hydrogen-bond acceptors (Lipinski definition) is 4. The molecule has 0 amide bonds. The summed E-state index contributed by atoms with van der Waals surface area (Å²) in [4.78, 5) is 4.76. The molecule has 4 nitrogen and oxygen atoms in total. The van der Waals surface area contributed by atoms with Gasteiger partial charge in [0.2, 0.25) is 0 Å². The molecular weight excluding hydrogens is 262 g/mol. The molecule has 0 aromatic carbocycles. The maximum Gasteiger partial charge on any atom is 0.0546 e. The van der Waals surface area contributed by atoms with Crippen LogP contribution in [-0.2, 0) is 4.74 Å². The van der Waals surface area contributed by atoms with Gasteiger partial charge in [-0.2, -0.15) is 0 Å². The zero-order valence-electron chi connectivity index (χ0n) is 15.0. The molecule has 1 N–H and O–H groups in total. The Morgan fingerprint density at radius 1 is 1.19 bits per heavy atom. The van der Waals surface area contributed by atoms with Crippen molar-refractivity contribution in [2.75, 3.05) is 67.1 Å². The van der Waals surface area contributed by atoms with E-state index in [2.05, 4.69) is 50.1 Å². The standard InChI is InChI=1S/C17H37N3O/c1-16(2)12-18-13-17(8-6-11-21-15-17)14-20(5)10-7-9-19(3)4/h16,18H,6-15H2,1-5H3. The van der Waals surface area contributed by atoms with Crippen molar-refractivity contribution in [3.63, 3.8) is 0 Å². The average molecular weight is 300 g/mol. The first-order chi connectivity index (χ1) is 9.93. The van der Waals surface area contributed by atoms with Gasteiger partial charge in [0, 0.05) is 25.1 Å². The zero-order valence-corrected chi connectivity index (χ0v) is 15.0. The van der Waals surface area contributed by atoms with Gasteiger partial charge in [-0.3, -0.25) is 0 Å². The molecule has 4 heteroatoms. The molecule has 126 valence electrons. The van der Waals surface area contributed by atoms with Crippen LogP contribution in [0.25, 0.3) is 0 Å². The van der Waals surface area contributed by atoms with Crippen LogP contribution in [0.5, 0.6) is 0 Å². The fourth-order valence-corrected chi connectivity index (χ4v) is 3.16. The highest BCUT2D eigenvalue weighted by Gasteiger charge is 2.33. The van der Waals surface area contributed by atoms with E-state index in [-0.39, 0.29) is 0 Å². The summed E-state index contributed by atoms with van der Waals surface area (Å²) in [5.74, 6) is 0.712. The van der Waals surface area contributed by atoms with Crippen LogP contribution >= 0.6 is 0 Å². The Hall–Kier alpha value is -0.160. The summed E-state index contributed by atoms with van der Waals surface area (Å²) in [6.07, 6.45) is 3.73. The van der Waals surface area contributed by atoms with Crippen molar-refractivity contribution in [3.05, 3.63) is 0 Å². The first kappa shape index (κ1) is 18.9. The largest absolute Gasteiger partial charge is 0.381 e. The normalized spacial score (nSPS) is 23.4. The first-order valence-corrected chi connectivity index (χ1v) is 8.55. The van der Waals surface area contributed by atoms with Crippen LogP contribution in [0, 0.1) is 11.3 Å². The molecule has 1 saturated heterocycles. The van der Waals surface area contributed by atoms with E-state index in [1.165, 1.54) is 32.4 Å². The molecule has 0 saturated carbocycles. The van der Waals surface area contributed by atoms with E-state index in [0.717, 1.165) is 32.8 Å². The summed E-state index contributed by atoms with van der Waals surface area (Å²) in [5.41, 5.74) is 0.306. The lowest BCUT2D eigenvalue weighted by Crippen LogP contribution is -2.49. The zero-order chi connectivity index (χ0) is 15.7. The summed E-state index contributed by atoms with van der Waals surface area (Å²) in [6.45, 7) is 12.1. The highest BCUT2D eigenvalue weighted by atomic mass is 16.5. The third-order valence-corrected chi connectivity index (χ3v) is 4.21. The second-order valence-corrected chi connectivity index (χ2v) is 7.58. The Morgan fingerprint density at radius 2 is 1.95 bits per heavy atom. The van der Waals surface area contributed by atoms with Crippen LogP contribution in [0.4, 0.5) is 0 Å². The van der Waals surface area contributed by atoms with Gasteiger partial charge in [-0.25, -0.2) is 0 Å². The van der Waals surface area contributed by atoms with Crippen molar-refractivity contribution in [1.82, 2.24) is 15.1 Å². The predicted molar refractivity (Wildman–Crippen MR) is 90.9 cm³/mol. The van der Waals surface area contributed by atoms with Gasteiger partial charge in [0.1, 0.15) is 0 Å². The van der Waals surface area contributed by atoms with Crippen molar-refractivity contribution in [3.8, 4) is 0 Å². The molecule has 1 unspecified atom stereocenters. The van der Waals surface area contributed by atoms with E-state index < -0.39 is 0 Å². The summed E-state index contributed by atoms with van der Waals surface area (Å²) in [6, 6.07) is 0. The summed E-state index contributed by atoms with van der Waals surface area (Å²) in [7, 11) is 6.55. The number of nitrogens with zero attached hydrogens (tertiary/aromatic N) is 2. The minimum Gasteiger partial charge on any atom is -0.381 e. The lowest BCUT2D eigenvalue weighted by Gasteiger charge is -2.40. The molecule has 1 atom stereocenters. The lowest BCUT2D eigenvalue weighted by atomic mass is 9.81. The molecule has 1 fully saturated rings. The van der Waals surface area contributed by atoms with E-state index >= 15 is 0 Å². The van der Waals surface area contributed by atoms with Gasteiger partial charge in [-0.05, 0) is 66.0 Å². The molecule has 21 heavy (non-hydrogen) atoms. The van der Waals surface area contributed by atoms with Crippen LogP contribution < -0.4 is 5.32 Å². The first-order valence-electron chi connectivity index (χ1n) is 8.55. The Morgan fingerprint density at radius 3 is 2.52 bits per heavy atom. The van der Waals surface area contributed by atoms with E-state index in [1.54, 1.807) is 0 Å². The van der Waals surface area contributed by atoms with Gasteiger partial charge in [0.15, 0.2) is 0 Å². The van der Waals surface area contributed by atoms with Crippen LogP contribution in [0.15, 0.2) is 0 Å². The van der Waals surface area contributed by atoms with Crippen LogP contribution in [0.3, 0.4) is 0 Å². The molecule has 1 aliphatic rings. The van der Waals surface area contributed by atoms with Gasteiger partial charge in [0.05, 0.1) is 6.61 Å². The Balaban J connectivity index is 2.40. The van der Waals surface area contributed by atoms with Crippen molar-refractivity contribution in [1.29, 1.82) is 0 Å². The molecule has 0 radical (unpaired) electrons. The monoisotopic (exact) mass is 299 g/mol. The Kier molecular flexibility index (Phi) is 8.79. The quantitative estimate of drug-likeness (QED) is 0.667. The molecule has 0 bridgehead atoms. The summed E-state index contributed by atoms with van der Waals surface area (Å²) in [5, 5.41) is 3.66. The van der Waals surface area contributed by atoms with Crippen LogP contribution in [-0.4, -0.2) is 76.9 Å². The van der Waals surface area contributed by atoms with E-state index in [4.69, 9.17) is 4.74 Å². The van der Waals surface area contributed by atoms with Crippen LogP contribution in [0.2, 0.25) is 0 Å². The second kappa shape index (κ2) is 9.78. The van der Waals surface area contributed by atoms with E-state index in [1.807, 2.05) is 0 Å². The van der Waals surface area contributed by atoms with Gasteiger partial charge >= 0.3 is 0 Å². The number of rotatable bonds is 10. The Bertz CT molecular complexity index is 263. The SMILES string of the molecule is CC(C)CNCC1(CN(C)CCCN(C)C)CCCOC1. The van der Waals surface area contributed by atoms with Gasteiger partial charge in [-0.1, -0.05) is 13.8 Å². The highest BCUT2D eigenvalue weighted by molar-refractivity contribution is 4.87. The fraction of sp³-hybridized carbons (Fsp3) is 1.00. The molecule has 0 spiro atoms. The number of ether oxygens (including phenoxy) is 1. The molecule has 0 aromatic heterocycles. The average Bonchev–Trinajstić information content (AvgIpc) is 2.38. The lowest BCUT2D eigenvalue weighted by molar-refractivity contribution is -0.0231. The Labute approximate surface area is 132 Å². The number of hydrogen-bond donors (Lipinski definition) is 1. The topological polar surface area (TPSA) is 27.7 Å². The van der Waals surface area contributed by atoms with E-state index in [9.17, 15) is 0 Å². The molecule has 1 rings (SSSR count). The predicted octanol–water partition coefficient (Wildman–Crippen LogP) is 1.91. The van der Waals surface area contributed by atoms with E-state index in [0.29, 0.717) is 11.3 Å². The van der Waals surface area contributed by atoms with Crippen molar-refractivity contribution in [2.24, 2.45) is 11.3 Å². The summed E-state index contributed by atoms with van der Waals surface area (Å²) < 4.78 is 5.81. The second-order valence-electron chi connectivity index (χ2n) is 7.58. The molecule has 0 aromatic rings. The third kappa shape index (κ3) is 8.15. The minimum atomic E-state index is 0.306. The van der Waals surface area contributed by atoms with Crippen LogP contribution in [0.1, 0.15) is 33.1 Å². The highest BCUT2D eigenvalue weighted by Crippen LogP contribution is 2.29. The fourth-order valence-electron chi connectivity index (χ4n) is 3.16. The maximum atomic E-state index is 5.81. The molecule has 1 aliphatic heterocycles. The van der Waals surface area contributed by atoms with Gasteiger partial charge in [0.25, 0.3) is 0 Å². The van der Waals surface area contributed by atoms with Crippen molar-refractivity contribution < 1.29 is 4.74 Å². The minimum absolute atomic E-state index is 0.306. The summed E-state index contributed by atoms with van der Waals surface area (Å²) >= 11 is 0. The van der Waals surface area contributed by atoms with Crippen molar-refractivity contribution >= 4 is 0 Å². The third-order valence-electron chi connectivity index (χ3n) is 4.21.